The SMILES string of the molecule is C[Si](C)(C)c1cccc2c1oc1c(-c3nc(-c4ccccc4)cc(-c4cccc(-c5ccc(-c6nc(-c7ccccc7)nc(-c7ccccc7)n6)c6oc7c([Si](C)(C)C)cccc7c56)c4)n3)cccc12. The molecule has 338 valence electrons. The fourth-order valence-corrected chi connectivity index (χ4v) is 12.7. The number of para-hydroxylation sites is 3. The predicted octanol–water partition coefficient (Wildman–Crippen LogP) is 15.2. The number of nitrogens with zero attached hydrogens (tertiary/aromatic N) is 5. The van der Waals surface area contributed by atoms with E-state index < -0.39 is 16.1 Å². The van der Waals surface area contributed by atoms with Gasteiger partial charge in [-0.3, -0.25) is 0 Å². The third kappa shape index (κ3) is 7.64. The molecule has 0 spiro atoms. The second kappa shape index (κ2) is 16.8. The molecule has 0 unspecified atom stereocenters. The summed E-state index contributed by atoms with van der Waals surface area (Å²) in [6, 6.07) is 65.0. The van der Waals surface area contributed by atoms with Crippen LogP contribution in [0.5, 0.6) is 0 Å². The van der Waals surface area contributed by atoms with Crippen LogP contribution in [0, 0.1) is 0 Å². The molecule has 4 heterocycles. The summed E-state index contributed by atoms with van der Waals surface area (Å²) in [6.45, 7) is 14.2. The normalized spacial score (nSPS) is 12.1. The lowest BCUT2D eigenvalue weighted by atomic mass is 9.95. The van der Waals surface area contributed by atoms with Crippen LogP contribution in [0.2, 0.25) is 39.3 Å². The van der Waals surface area contributed by atoms with Gasteiger partial charge >= 0.3 is 0 Å². The van der Waals surface area contributed by atoms with E-state index in [1.807, 2.05) is 66.7 Å². The van der Waals surface area contributed by atoms with Crippen molar-refractivity contribution in [3.63, 3.8) is 0 Å². The van der Waals surface area contributed by atoms with Crippen molar-refractivity contribution in [1.29, 1.82) is 0 Å². The minimum absolute atomic E-state index is 0.546. The number of furan rings is 2. The van der Waals surface area contributed by atoms with Crippen LogP contribution in [0.15, 0.2) is 197 Å². The van der Waals surface area contributed by atoms with Crippen LogP contribution in [-0.2, 0) is 0 Å². The summed E-state index contributed by atoms with van der Waals surface area (Å²) in [6.07, 6.45) is 0. The highest BCUT2D eigenvalue weighted by molar-refractivity contribution is 6.90. The molecule has 0 aliphatic heterocycles. The first-order valence-corrected chi connectivity index (χ1v) is 30.8. The van der Waals surface area contributed by atoms with E-state index >= 15 is 0 Å². The zero-order chi connectivity index (χ0) is 47.7. The summed E-state index contributed by atoms with van der Waals surface area (Å²) in [7, 11) is -3.60. The summed E-state index contributed by atoms with van der Waals surface area (Å²) in [5.41, 5.74) is 12.5. The Balaban J connectivity index is 1.06. The number of benzene rings is 8. The number of hydrogen-bond donors (Lipinski definition) is 0. The first kappa shape index (κ1) is 43.2. The molecule has 7 nitrogen and oxygen atoms in total. The second-order valence-corrected chi connectivity index (χ2v) is 30.1. The van der Waals surface area contributed by atoms with Gasteiger partial charge in [0, 0.05) is 43.8 Å². The Morgan fingerprint density at radius 3 is 1.34 bits per heavy atom. The predicted molar refractivity (Wildman–Crippen MR) is 294 cm³/mol. The van der Waals surface area contributed by atoms with Gasteiger partial charge in [0.05, 0.1) is 38.7 Å². The van der Waals surface area contributed by atoms with Crippen LogP contribution in [-0.4, -0.2) is 41.1 Å². The number of fused-ring (bicyclic) bond motifs is 6. The Morgan fingerprint density at radius 2 is 0.729 bits per heavy atom. The van der Waals surface area contributed by atoms with Gasteiger partial charge in [0.2, 0.25) is 0 Å². The van der Waals surface area contributed by atoms with Gasteiger partial charge in [0.25, 0.3) is 0 Å². The van der Waals surface area contributed by atoms with Crippen molar-refractivity contribution in [3.8, 4) is 79.2 Å². The maximum atomic E-state index is 7.18. The molecule has 12 aromatic rings. The summed E-state index contributed by atoms with van der Waals surface area (Å²) in [4.78, 5) is 26.0. The van der Waals surface area contributed by atoms with Crippen molar-refractivity contribution in [2.45, 2.75) is 39.3 Å². The summed E-state index contributed by atoms with van der Waals surface area (Å²) in [5, 5.41) is 6.81. The van der Waals surface area contributed by atoms with Gasteiger partial charge in [-0.1, -0.05) is 203 Å². The molecule has 0 amide bonds. The Hall–Kier alpha value is -8.12. The zero-order valence-corrected chi connectivity index (χ0v) is 42.0. The van der Waals surface area contributed by atoms with Crippen molar-refractivity contribution < 1.29 is 8.83 Å². The second-order valence-electron chi connectivity index (χ2n) is 20.1. The molecule has 0 fully saturated rings. The van der Waals surface area contributed by atoms with Gasteiger partial charge in [0.15, 0.2) is 23.3 Å². The lowest BCUT2D eigenvalue weighted by molar-refractivity contribution is 0.671. The van der Waals surface area contributed by atoms with Crippen molar-refractivity contribution >= 4 is 70.4 Å². The van der Waals surface area contributed by atoms with Crippen molar-refractivity contribution in [2.75, 3.05) is 0 Å². The molecule has 0 bridgehead atoms. The van der Waals surface area contributed by atoms with E-state index in [-0.39, 0.29) is 0 Å². The lowest BCUT2D eigenvalue weighted by Gasteiger charge is -2.16. The quantitative estimate of drug-likeness (QED) is 0.133. The summed E-state index contributed by atoms with van der Waals surface area (Å²) >= 11 is 0. The Morgan fingerprint density at radius 1 is 0.300 bits per heavy atom. The molecule has 9 heteroatoms. The van der Waals surface area contributed by atoms with E-state index in [1.165, 1.54) is 10.4 Å². The van der Waals surface area contributed by atoms with Crippen molar-refractivity contribution in [3.05, 3.63) is 188 Å². The van der Waals surface area contributed by atoms with Crippen LogP contribution in [0.1, 0.15) is 0 Å². The number of aromatic nitrogens is 5. The Bertz CT molecular complexity index is 3910. The van der Waals surface area contributed by atoms with E-state index in [0.29, 0.717) is 23.3 Å². The van der Waals surface area contributed by atoms with Gasteiger partial charge in [0.1, 0.15) is 22.3 Å². The van der Waals surface area contributed by atoms with Crippen LogP contribution in [0.4, 0.5) is 0 Å². The van der Waals surface area contributed by atoms with Crippen LogP contribution < -0.4 is 10.4 Å². The highest BCUT2D eigenvalue weighted by atomic mass is 28.3. The van der Waals surface area contributed by atoms with Crippen molar-refractivity contribution in [2.24, 2.45) is 0 Å². The average molecular weight is 940 g/mol. The topological polar surface area (TPSA) is 90.7 Å². The van der Waals surface area contributed by atoms with Crippen LogP contribution in [0.3, 0.4) is 0 Å². The molecule has 0 radical (unpaired) electrons. The lowest BCUT2D eigenvalue weighted by Crippen LogP contribution is -2.37. The van der Waals surface area contributed by atoms with Gasteiger partial charge in [-0.15, -0.1) is 0 Å². The third-order valence-corrected chi connectivity index (χ3v) is 17.3. The highest BCUT2D eigenvalue weighted by Crippen LogP contribution is 2.43. The molecular weight excluding hydrogens is 891 g/mol. The number of hydrogen-bond acceptors (Lipinski definition) is 7. The molecular formula is C61H49N5O2Si2. The van der Waals surface area contributed by atoms with Gasteiger partial charge in [-0.2, -0.15) is 0 Å². The van der Waals surface area contributed by atoms with E-state index in [1.54, 1.807) is 0 Å². The molecule has 0 atom stereocenters. The molecule has 4 aromatic heterocycles. The third-order valence-electron chi connectivity index (χ3n) is 13.2. The molecule has 0 saturated heterocycles. The first-order valence-electron chi connectivity index (χ1n) is 23.8. The van der Waals surface area contributed by atoms with Crippen molar-refractivity contribution in [1.82, 2.24) is 24.9 Å². The van der Waals surface area contributed by atoms with E-state index in [2.05, 4.69) is 161 Å². The standard InChI is InChI=1S/C61H49N5O2Si2/c1-69(2,3)51-32-18-29-45-44-28-17-31-47(54(44)67-55(45)51)60-62-49(38-20-10-7-11-21-38)37-50(63-60)42-27-16-26-41(36-42)43-34-35-48(57-53(43)46-30-19-33-52(56(46)68-57)70(4,5)6)61-65-58(39-22-12-8-13-23-39)64-59(66-61)40-24-14-9-15-25-40/h7-37H,1-6H3. The monoisotopic (exact) mass is 939 g/mol. The molecule has 8 aromatic carbocycles. The minimum atomic E-state index is -1.87. The van der Waals surface area contributed by atoms with Gasteiger partial charge in [-0.05, 0) is 45.8 Å². The summed E-state index contributed by atoms with van der Waals surface area (Å²) in [5.74, 6) is 2.35. The molecule has 12 rings (SSSR count). The largest absolute Gasteiger partial charge is 0.455 e. The van der Waals surface area contributed by atoms with Crippen LogP contribution in [0.25, 0.3) is 123 Å². The fourth-order valence-electron chi connectivity index (χ4n) is 9.74. The molecule has 0 N–H and O–H groups in total. The molecule has 70 heavy (non-hydrogen) atoms. The summed E-state index contributed by atoms with van der Waals surface area (Å²) < 4.78 is 14.1. The number of rotatable bonds is 9. The zero-order valence-electron chi connectivity index (χ0n) is 40.0. The maximum absolute atomic E-state index is 7.18. The van der Waals surface area contributed by atoms with Gasteiger partial charge < -0.3 is 8.83 Å². The Labute approximate surface area is 408 Å². The van der Waals surface area contributed by atoms with E-state index in [0.717, 1.165) is 99.8 Å². The van der Waals surface area contributed by atoms with Crippen LogP contribution >= 0.6 is 0 Å². The van der Waals surface area contributed by atoms with E-state index in [4.69, 9.17) is 33.8 Å². The van der Waals surface area contributed by atoms with Gasteiger partial charge in [-0.25, -0.2) is 24.9 Å². The smallest absolute Gasteiger partial charge is 0.167 e. The molecule has 0 saturated carbocycles. The molecule has 0 aliphatic carbocycles. The molecule has 0 aliphatic rings. The highest BCUT2D eigenvalue weighted by Gasteiger charge is 2.27. The average Bonchev–Trinajstić information content (AvgIpc) is 3.98. The van der Waals surface area contributed by atoms with E-state index in [9.17, 15) is 0 Å². The minimum Gasteiger partial charge on any atom is -0.455 e. The first-order chi connectivity index (χ1) is 34.0. The fraction of sp³-hybridized carbons (Fsp3) is 0.0984. The Kier molecular flexibility index (Phi) is 10.4. The maximum Gasteiger partial charge on any atom is 0.167 e.